The molecule has 0 saturated heterocycles. The van der Waals surface area contributed by atoms with Gasteiger partial charge in [0.05, 0.1) is 0 Å². The van der Waals surface area contributed by atoms with E-state index in [1.165, 1.54) is 0 Å². The number of nitrogens with one attached hydrogen (secondary N) is 1. The first-order valence-corrected chi connectivity index (χ1v) is 6.54. The van der Waals surface area contributed by atoms with E-state index in [0.717, 1.165) is 22.0 Å². The normalized spacial score (nSPS) is 11.8. The van der Waals surface area contributed by atoms with E-state index in [1.54, 1.807) is 0 Å². The van der Waals surface area contributed by atoms with Gasteiger partial charge in [0.2, 0.25) is 0 Å². The molecule has 2 rings (SSSR count). The zero-order valence-corrected chi connectivity index (χ0v) is 12.5. The number of aromatic nitrogens is 3. The van der Waals surface area contributed by atoms with Gasteiger partial charge in [0.15, 0.2) is 10.6 Å². The molecular weight excluding hydrogens is 266 g/mol. The van der Waals surface area contributed by atoms with Crippen molar-refractivity contribution in [1.29, 1.82) is 0 Å². The third-order valence-corrected chi connectivity index (χ3v) is 3.46. The summed E-state index contributed by atoms with van der Waals surface area (Å²) in [6.45, 7) is 8.29. The smallest absolute Gasteiger partial charge is 0.195 e. The number of halogens is 1. The second-order valence-corrected chi connectivity index (χ2v) is 6.12. The van der Waals surface area contributed by atoms with Crippen LogP contribution in [0.5, 0.6) is 0 Å². The quantitative estimate of drug-likeness (QED) is 0.790. The molecular formula is C13H16ClN3S. The van der Waals surface area contributed by atoms with Gasteiger partial charge in [0, 0.05) is 16.1 Å². The second-order valence-electron chi connectivity index (χ2n) is 5.32. The average Bonchev–Trinajstić information content (AvgIpc) is 2.64. The Morgan fingerprint density at radius 1 is 1.33 bits per heavy atom. The summed E-state index contributed by atoms with van der Waals surface area (Å²) in [4.78, 5) is 0. The highest BCUT2D eigenvalue weighted by Crippen LogP contribution is 2.27. The average molecular weight is 282 g/mol. The Hall–Kier alpha value is -1.13. The monoisotopic (exact) mass is 281 g/mol. The van der Waals surface area contributed by atoms with E-state index < -0.39 is 0 Å². The van der Waals surface area contributed by atoms with Crippen molar-refractivity contribution in [2.24, 2.45) is 0 Å². The first kappa shape index (κ1) is 13.3. The van der Waals surface area contributed by atoms with Crippen LogP contribution in [0.25, 0.3) is 11.4 Å². The molecule has 1 N–H and O–H groups in total. The van der Waals surface area contributed by atoms with Gasteiger partial charge in [-0.3, -0.25) is 9.67 Å². The molecule has 0 amide bonds. The number of nitrogens with zero attached hydrogens (tertiary/aromatic N) is 2. The first-order chi connectivity index (χ1) is 8.30. The van der Waals surface area contributed by atoms with E-state index in [4.69, 9.17) is 23.8 Å². The van der Waals surface area contributed by atoms with Crippen LogP contribution >= 0.6 is 23.8 Å². The summed E-state index contributed by atoms with van der Waals surface area (Å²) in [6, 6.07) is 5.87. The highest BCUT2D eigenvalue weighted by Gasteiger charge is 2.20. The Morgan fingerprint density at radius 3 is 2.56 bits per heavy atom. The summed E-state index contributed by atoms with van der Waals surface area (Å²) in [5.74, 6) is 0.840. The predicted molar refractivity (Wildman–Crippen MR) is 77.6 cm³/mol. The number of hydrogen-bond donors (Lipinski definition) is 1. The molecule has 0 spiro atoms. The predicted octanol–water partition coefficient (Wildman–Crippen LogP) is 4.32. The highest BCUT2D eigenvalue weighted by molar-refractivity contribution is 7.71. The van der Waals surface area contributed by atoms with Crippen LogP contribution in [0.15, 0.2) is 18.2 Å². The van der Waals surface area contributed by atoms with Gasteiger partial charge in [-0.15, -0.1) is 0 Å². The van der Waals surface area contributed by atoms with Crippen LogP contribution in [0, 0.1) is 11.7 Å². The van der Waals surface area contributed by atoms with Crippen molar-refractivity contribution >= 4 is 23.8 Å². The number of hydrogen-bond acceptors (Lipinski definition) is 2. The lowest BCUT2D eigenvalue weighted by Gasteiger charge is -2.22. The molecule has 0 saturated carbocycles. The van der Waals surface area contributed by atoms with Crippen molar-refractivity contribution in [2.45, 2.75) is 33.2 Å². The lowest BCUT2D eigenvalue weighted by atomic mass is 10.1. The van der Waals surface area contributed by atoms with Crippen LogP contribution in [-0.2, 0) is 5.54 Å². The Morgan fingerprint density at radius 2 is 2.00 bits per heavy atom. The standard InChI is InChI=1S/C13H16ClN3S/c1-8-7-9(5-6-10(8)14)11-15-16-12(18)17(11)13(2,3)4/h5-7H,1-4H3,(H,16,18). The molecule has 0 unspecified atom stereocenters. The van der Waals surface area contributed by atoms with Crippen molar-refractivity contribution < 1.29 is 0 Å². The maximum Gasteiger partial charge on any atom is 0.195 e. The maximum atomic E-state index is 6.05. The molecule has 18 heavy (non-hydrogen) atoms. The third kappa shape index (κ3) is 2.35. The number of rotatable bonds is 1. The molecule has 1 heterocycles. The molecule has 5 heteroatoms. The van der Waals surface area contributed by atoms with Crippen molar-refractivity contribution in [3.63, 3.8) is 0 Å². The molecule has 0 bridgehead atoms. The minimum atomic E-state index is -0.118. The Balaban J connectivity index is 2.65. The molecule has 1 aromatic heterocycles. The van der Waals surface area contributed by atoms with Crippen LogP contribution in [-0.4, -0.2) is 14.8 Å². The largest absolute Gasteiger partial charge is 0.295 e. The molecule has 96 valence electrons. The van der Waals surface area contributed by atoms with Crippen LogP contribution in [0.2, 0.25) is 5.02 Å². The van der Waals surface area contributed by atoms with Gasteiger partial charge in [0.25, 0.3) is 0 Å². The Kier molecular flexibility index (Phi) is 3.34. The summed E-state index contributed by atoms with van der Waals surface area (Å²) < 4.78 is 2.65. The lowest BCUT2D eigenvalue weighted by Crippen LogP contribution is -2.23. The first-order valence-electron chi connectivity index (χ1n) is 5.75. The van der Waals surface area contributed by atoms with Crippen LogP contribution in [0.3, 0.4) is 0 Å². The molecule has 0 atom stereocenters. The maximum absolute atomic E-state index is 6.05. The molecule has 0 aliphatic carbocycles. The van der Waals surface area contributed by atoms with Crippen molar-refractivity contribution in [3.8, 4) is 11.4 Å². The van der Waals surface area contributed by atoms with Crippen LogP contribution in [0.4, 0.5) is 0 Å². The number of aryl methyl sites for hydroxylation is 1. The van der Waals surface area contributed by atoms with Crippen LogP contribution in [0.1, 0.15) is 26.3 Å². The minimum absolute atomic E-state index is 0.118. The summed E-state index contributed by atoms with van der Waals surface area (Å²) in [6.07, 6.45) is 0. The fourth-order valence-corrected chi connectivity index (χ4v) is 2.42. The highest BCUT2D eigenvalue weighted by atomic mass is 35.5. The van der Waals surface area contributed by atoms with Gasteiger partial charge in [-0.25, -0.2) is 0 Å². The van der Waals surface area contributed by atoms with E-state index >= 15 is 0 Å². The molecule has 1 aromatic carbocycles. The zero-order valence-electron chi connectivity index (χ0n) is 10.9. The van der Waals surface area contributed by atoms with Gasteiger partial charge in [-0.05, 0) is 63.7 Å². The van der Waals surface area contributed by atoms with Gasteiger partial charge in [0.1, 0.15) is 0 Å². The fraction of sp³-hybridized carbons (Fsp3) is 0.385. The van der Waals surface area contributed by atoms with Gasteiger partial charge in [-0.1, -0.05) is 11.6 Å². The van der Waals surface area contributed by atoms with Crippen molar-refractivity contribution in [1.82, 2.24) is 14.8 Å². The topological polar surface area (TPSA) is 33.6 Å². The SMILES string of the molecule is Cc1cc(-c2n[nH]c(=S)n2C(C)(C)C)ccc1Cl. The molecule has 2 aromatic rings. The number of benzene rings is 1. The fourth-order valence-electron chi connectivity index (χ4n) is 1.90. The van der Waals surface area contributed by atoms with Crippen molar-refractivity contribution in [2.75, 3.05) is 0 Å². The third-order valence-electron chi connectivity index (χ3n) is 2.76. The minimum Gasteiger partial charge on any atom is -0.295 e. The Labute approximate surface area is 117 Å². The van der Waals surface area contributed by atoms with Gasteiger partial charge < -0.3 is 0 Å². The number of H-pyrrole nitrogens is 1. The summed E-state index contributed by atoms with van der Waals surface area (Å²) in [5, 5.41) is 7.94. The van der Waals surface area contributed by atoms with E-state index in [0.29, 0.717) is 4.77 Å². The summed E-state index contributed by atoms with van der Waals surface area (Å²) >= 11 is 11.3. The zero-order chi connectivity index (χ0) is 13.5. The van der Waals surface area contributed by atoms with Crippen molar-refractivity contribution in [3.05, 3.63) is 33.6 Å². The summed E-state index contributed by atoms with van der Waals surface area (Å²) in [5.41, 5.74) is 1.93. The molecule has 0 aliphatic heterocycles. The molecule has 0 fully saturated rings. The summed E-state index contributed by atoms with van der Waals surface area (Å²) in [7, 11) is 0. The Bertz CT molecular complexity index is 634. The van der Waals surface area contributed by atoms with E-state index in [2.05, 4.69) is 31.0 Å². The van der Waals surface area contributed by atoms with Gasteiger partial charge >= 0.3 is 0 Å². The molecule has 3 nitrogen and oxygen atoms in total. The molecule has 0 radical (unpaired) electrons. The lowest BCUT2D eigenvalue weighted by molar-refractivity contribution is 0.395. The van der Waals surface area contributed by atoms with E-state index in [-0.39, 0.29) is 5.54 Å². The number of aromatic amines is 1. The van der Waals surface area contributed by atoms with Gasteiger partial charge in [-0.2, -0.15) is 5.10 Å². The van der Waals surface area contributed by atoms with Crippen LogP contribution < -0.4 is 0 Å². The second kappa shape index (κ2) is 4.52. The van der Waals surface area contributed by atoms with E-state index in [1.807, 2.05) is 29.7 Å². The molecule has 0 aliphatic rings. The van der Waals surface area contributed by atoms with E-state index in [9.17, 15) is 0 Å².